The van der Waals surface area contributed by atoms with Gasteiger partial charge < -0.3 is 15.2 Å². The molecule has 0 aliphatic carbocycles. The molecule has 0 saturated carbocycles. The number of allylic oxidation sites excluding steroid dienone is 1. The second-order valence-corrected chi connectivity index (χ2v) is 6.29. The van der Waals surface area contributed by atoms with Gasteiger partial charge in [0.1, 0.15) is 23.1 Å². The van der Waals surface area contributed by atoms with Gasteiger partial charge in [0.2, 0.25) is 5.88 Å². The summed E-state index contributed by atoms with van der Waals surface area (Å²) in [4.78, 5) is 11.1. The number of fused-ring (bicyclic) bond motifs is 3. The third-order valence-electron chi connectivity index (χ3n) is 4.58. The molecule has 0 bridgehead atoms. The van der Waals surface area contributed by atoms with Gasteiger partial charge in [-0.3, -0.25) is 4.79 Å². The van der Waals surface area contributed by atoms with Crippen molar-refractivity contribution in [2.75, 3.05) is 0 Å². The highest BCUT2D eigenvalue weighted by atomic mass is 16.5. The Morgan fingerprint density at radius 3 is 2.56 bits per heavy atom. The van der Waals surface area contributed by atoms with E-state index >= 15 is 0 Å². The van der Waals surface area contributed by atoms with E-state index in [1.54, 1.807) is 12.1 Å². The molecule has 3 aromatic rings. The van der Waals surface area contributed by atoms with Gasteiger partial charge in [-0.15, -0.1) is 0 Å². The maximum absolute atomic E-state index is 11.1. The topological polar surface area (TPSA) is 85.3 Å². The van der Waals surface area contributed by atoms with Gasteiger partial charge >= 0.3 is 5.97 Å². The van der Waals surface area contributed by atoms with Gasteiger partial charge in [-0.1, -0.05) is 48.5 Å². The fraction of sp³-hybridized carbons (Fsp3) is 0.0909. The molecule has 1 atom stereocenters. The van der Waals surface area contributed by atoms with Crippen LogP contribution in [0.25, 0.3) is 10.8 Å². The minimum Gasteiger partial charge on any atom is -0.440 e. The summed E-state index contributed by atoms with van der Waals surface area (Å²) in [5.74, 6) is 0.490. The Balaban J connectivity index is 1.88. The van der Waals surface area contributed by atoms with Crippen molar-refractivity contribution in [3.05, 3.63) is 83.2 Å². The molecule has 5 nitrogen and oxygen atoms in total. The summed E-state index contributed by atoms with van der Waals surface area (Å²) in [7, 11) is 0. The van der Waals surface area contributed by atoms with Gasteiger partial charge in [0, 0.05) is 17.9 Å². The standard InChI is InChI=1S/C22H16N2O3/c1-13(25)26-16-9-6-15(7-10-16)20-18-11-8-14-4-2-3-5-17(14)21(18)27-22(24)19(20)12-23/h2-11,20H,24H2,1H3. The molecular weight excluding hydrogens is 340 g/mol. The maximum Gasteiger partial charge on any atom is 0.308 e. The summed E-state index contributed by atoms with van der Waals surface area (Å²) >= 11 is 0. The van der Waals surface area contributed by atoms with Crippen LogP contribution in [0.5, 0.6) is 11.5 Å². The number of nitrogens with zero attached hydrogens (tertiary/aromatic N) is 1. The number of benzene rings is 3. The second kappa shape index (κ2) is 6.50. The number of hydrogen-bond acceptors (Lipinski definition) is 5. The zero-order valence-electron chi connectivity index (χ0n) is 14.6. The van der Waals surface area contributed by atoms with Crippen molar-refractivity contribution in [2.45, 2.75) is 12.8 Å². The number of nitriles is 1. The van der Waals surface area contributed by atoms with Gasteiger partial charge in [0.15, 0.2) is 0 Å². The summed E-state index contributed by atoms with van der Waals surface area (Å²) < 4.78 is 10.9. The van der Waals surface area contributed by atoms with Crippen LogP contribution in [0, 0.1) is 11.3 Å². The van der Waals surface area contributed by atoms with Gasteiger partial charge in [-0.25, -0.2) is 0 Å². The highest BCUT2D eigenvalue weighted by Gasteiger charge is 2.31. The molecule has 27 heavy (non-hydrogen) atoms. The van der Waals surface area contributed by atoms with E-state index < -0.39 is 0 Å². The Labute approximate surface area is 156 Å². The van der Waals surface area contributed by atoms with Gasteiger partial charge in [-0.2, -0.15) is 5.26 Å². The minimum absolute atomic E-state index is 0.107. The van der Waals surface area contributed by atoms with Gasteiger partial charge in [-0.05, 0) is 23.1 Å². The molecule has 0 spiro atoms. The Morgan fingerprint density at radius 2 is 1.85 bits per heavy atom. The van der Waals surface area contributed by atoms with E-state index in [4.69, 9.17) is 15.2 Å². The monoisotopic (exact) mass is 356 g/mol. The Bertz CT molecular complexity index is 1120. The fourth-order valence-corrected chi connectivity index (χ4v) is 3.42. The third-order valence-corrected chi connectivity index (χ3v) is 4.58. The van der Waals surface area contributed by atoms with Crippen LogP contribution in [-0.4, -0.2) is 5.97 Å². The zero-order valence-corrected chi connectivity index (χ0v) is 14.6. The average Bonchev–Trinajstić information content (AvgIpc) is 2.67. The largest absolute Gasteiger partial charge is 0.440 e. The maximum atomic E-state index is 11.1. The van der Waals surface area contributed by atoms with E-state index in [0.717, 1.165) is 21.9 Å². The first-order valence-electron chi connectivity index (χ1n) is 8.46. The first kappa shape index (κ1) is 16.7. The van der Waals surface area contributed by atoms with Crippen LogP contribution in [-0.2, 0) is 4.79 Å². The smallest absolute Gasteiger partial charge is 0.308 e. The van der Waals surface area contributed by atoms with Crippen molar-refractivity contribution in [3.63, 3.8) is 0 Å². The van der Waals surface area contributed by atoms with E-state index in [-0.39, 0.29) is 17.8 Å². The van der Waals surface area contributed by atoms with E-state index in [2.05, 4.69) is 6.07 Å². The summed E-state index contributed by atoms with van der Waals surface area (Å²) in [6.45, 7) is 1.35. The van der Waals surface area contributed by atoms with Crippen molar-refractivity contribution in [3.8, 4) is 17.6 Å². The van der Waals surface area contributed by atoms with Crippen molar-refractivity contribution in [1.82, 2.24) is 0 Å². The van der Waals surface area contributed by atoms with Crippen LogP contribution in [0.1, 0.15) is 24.0 Å². The number of ether oxygens (including phenoxy) is 2. The average molecular weight is 356 g/mol. The molecule has 0 saturated heterocycles. The molecule has 1 heterocycles. The van der Waals surface area contributed by atoms with Crippen molar-refractivity contribution < 1.29 is 14.3 Å². The highest BCUT2D eigenvalue weighted by molar-refractivity contribution is 5.90. The SMILES string of the molecule is CC(=O)Oc1ccc(C2C(C#N)=C(N)Oc3c2ccc2ccccc32)cc1. The second-order valence-electron chi connectivity index (χ2n) is 6.29. The summed E-state index contributed by atoms with van der Waals surface area (Å²) in [5.41, 5.74) is 8.18. The van der Waals surface area contributed by atoms with Crippen LogP contribution >= 0.6 is 0 Å². The van der Waals surface area contributed by atoms with Crippen molar-refractivity contribution in [2.24, 2.45) is 5.73 Å². The Morgan fingerprint density at radius 1 is 1.11 bits per heavy atom. The number of rotatable bonds is 2. The summed E-state index contributed by atoms with van der Waals surface area (Å²) in [6.07, 6.45) is 0. The molecule has 4 rings (SSSR count). The molecule has 1 aliphatic rings. The van der Waals surface area contributed by atoms with Gasteiger partial charge in [0.25, 0.3) is 0 Å². The number of hydrogen-bond donors (Lipinski definition) is 1. The third kappa shape index (κ3) is 2.87. The lowest BCUT2D eigenvalue weighted by Gasteiger charge is -2.27. The predicted octanol–water partition coefficient (Wildman–Crippen LogP) is 3.98. The van der Waals surface area contributed by atoms with Crippen LogP contribution < -0.4 is 15.2 Å². The molecule has 0 fully saturated rings. The Kier molecular flexibility index (Phi) is 4.02. The summed E-state index contributed by atoms with van der Waals surface area (Å²) in [6, 6.07) is 21.1. The molecule has 1 unspecified atom stereocenters. The van der Waals surface area contributed by atoms with Gasteiger partial charge in [0.05, 0.1) is 5.92 Å². The fourth-order valence-electron chi connectivity index (χ4n) is 3.42. The quantitative estimate of drug-likeness (QED) is 0.554. The molecule has 2 N–H and O–H groups in total. The van der Waals surface area contributed by atoms with Crippen LogP contribution in [0.4, 0.5) is 0 Å². The van der Waals surface area contributed by atoms with Crippen LogP contribution in [0.2, 0.25) is 0 Å². The van der Waals surface area contributed by atoms with E-state index in [0.29, 0.717) is 17.1 Å². The minimum atomic E-state index is -0.382. The van der Waals surface area contributed by atoms with E-state index in [9.17, 15) is 10.1 Å². The number of esters is 1. The van der Waals surface area contributed by atoms with E-state index in [1.165, 1.54) is 6.92 Å². The highest BCUT2D eigenvalue weighted by Crippen LogP contribution is 2.45. The number of carbonyl (C=O) groups excluding carboxylic acids is 1. The first-order chi connectivity index (χ1) is 13.1. The van der Waals surface area contributed by atoms with Crippen molar-refractivity contribution in [1.29, 1.82) is 5.26 Å². The molecule has 0 aromatic heterocycles. The molecule has 132 valence electrons. The van der Waals surface area contributed by atoms with E-state index in [1.807, 2.05) is 48.5 Å². The molecule has 3 aromatic carbocycles. The lowest BCUT2D eigenvalue weighted by molar-refractivity contribution is -0.131. The molecule has 1 aliphatic heterocycles. The first-order valence-corrected chi connectivity index (χ1v) is 8.46. The van der Waals surface area contributed by atoms with Crippen LogP contribution in [0.15, 0.2) is 72.1 Å². The zero-order chi connectivity index (χ0) is 19.0. The number of carbonyl (C=O) groups is 1. The summed E-state index contributed by atoms with van der Waals surface area (Å²) in [5, 5.41) is 11.6. The molecular formula is C22H16N2O3. The van der Waals surface area contributed by atoms with Crippen molar-refractivity contribution >= 4 is 16.7 Å². The normalized spacial score (nSPS) is 15.6. The lowest BCUT2D eigenvalue weighted by atomic mass is 9.82. The molecule has 0 amide bonds. The predicted molar refractivity (Wildman–Crippen MR) is 101 cm³/mol. The number of nitrogens with two attached hydrogens (primary N) is 1. The molecule has 5 heteroatoms. The Hall–Kier alpha value is -3.78. The van der Waals surface area contributed by atoms with Crippen LogP contribution in [0.3, 0.4) is 0 Å². The molecule has 0 radical (unpaired) electrons. The lowest BCUT2D eigenvalue weighted by Crippen LogP contribution is -2.21.